The molecule has 0 radical (unpaired) electrons. The average molecular weight is 527 g/mol. The molecule has 4 aromatic rings. The Labute approximate surface area is 229 Å². The minimum Gasteiger partial charge on any atom is -0.497 e. The topological polar surface area (TPSA) is 90.6 Å². The quantitative estimate of drug-likeness (QED) is 0.165. The van der Waals surface area contributed by atoms with E-state index in [4.69, 9.17) is 14.5 Å². The molecule has 0 bridgehead atoms. The predicted molar refractivity (Wildman–Crippen MR) is 150 cm³/mol. The van der Waals surface area contributed by atoms with Crippen molar-refractivity contribution >= 4 is 11.8 Å². The molecule has 0 aliphatic carbocycles. The highest BCUT2D eigenvalue weighted by Crippen LogP contribution is 2.22. The summed E-state index contributed by atoms with van der Waals surface area (Å²) in [6.45, 7) is 4.00. The number of aromatic nitrogens is 2. The van der Waals surface area contributed by atoms with Gasteiger partial charge in [-0.05, 0) is 56.4 Å². The zero-order valence-corrected chi connectivity index (χ0v) is 22.6. The predicted octanol–water partition coefficient (Wildman–Crippen LogP) is 6.19. The number of methoxy groups -OCH3 is 1. The molecule has 0 unspecified atom stereocenters. The van der Waals surface area contributed by atoms with Gasteiger partial charge in [0.2, 0.25) is 5.78 Å². The molecule has 0 saturated heterocycles. The van der Waals surface area contributed by atoms with Crippen molar-refractivity contribution in [1.82, 2.24) is 9.55 Å². The Morgan fingerprint density at radius 1 is 0.923 bits per heavy atom. The van der Waals surface area contributed by atoms with Gasteiger partial charge in [-0.15, -0.1) is 0 Å². The highest BCUT2D eigenvalue weighted by atomic mass is 16.5. The summed E-state index contributed by atoms with van der Waals surface area (Å²) in [5.74, 6) is -0.0811. The molecule has 0 fully saturated rings. The van der Waals surface area contributed by atoms with E-state index in [-0.39, 0.29) is 12.4 Å². The summed E-state index contributed by atoms with van der Waals surface area (Å²) in [6, 6.07) is 25.0. The lowest BCUT2D eigenvalue weighted by Gasteiger charge is -2.20. The van der Waals surface area contributed by atoms with E-state index in [1.165, 1.54) is 5.56 Å². The summed E-state index contributed by atoms with van der Waals surface area (Å²) in [5, 5.41) is 9.20. The Kier molecular flexibility index (Phi) is 8.94. The summed E-state index contributed by atoms with van der Waals surface area (Å²) < 4.78 is 12.8. The molecule has 1 heterocycles. The second kappa shape index (κ2) is 12.5. The fraction of sp³-hybridized carbons (Fsp3) is 0.281. The van der Waals surface area contributed by atoms with Crippen LogP contribution in [0.3, 0.4) is 0 Å². The third kappa shape index (κ3) is 7.21. The lowest BCUT2D eigenvalue weighted by atomic mass is 10.1. The molecule has 1 aromatic heterocycles. The van der Waals surface area contributed by atoms with E-state index in [1.807, 2.05) is 65.4 Å². The monoisotopic (exact) mass is 526 g/mol. The molecular formula is C32H34N2O5. The Hall–Kier alpha value is -4.23. The number of unbranched alkanes of at least 4 members (excludes halogenated alkanes) is 1. The maximum absolute atomic E-state index is 13.4. The number of ketones is 1. The van der Waals surface area contributed by atoms with Crippen molar-refractivity contribution in [2.75, 3.05) is 7.11 Å². The molecule has 3 aromatic carbocycles. The van der Waals surface area contributed by atoms with Crippen LogP contribution in [0, 0.1) is 0 Å². The first-order chi connectivity index (χ1) is 18.8. The largest absolute Gasteiger partial charge is 0.497 e. The molecule has 7 nitrogen and oxygen atoms in total. The highest BCUT2D eigenvalue weighted by Gasteiger charge is 2.27. The van der Waals surface area contributed by atoms with Crippen LogP contribution >= 0.6 is 0 Å². The first-order valence-corrected chi connectivity index (χ1v) is 13.0. The van der Waals surface area contributed by atoms with Crippen molar-refractivity contribution < 1.29 is 24.2 Å². The maximum Gasteiger partial charge on any atom is 0.335 e. The molecule has 0 spiro atoms. The molecule has 0 atom stereocenters. The zero-order chi connectivity index (χ0) is 27.8. The van der Waals surface area contributed by atoms with E-state index in [0.717, 1.165) is 36.1 Å². The lowest BCUT2D eigenvalue weighted by Crippen LogP contribution is -2.34. The van der Waals surface area contributed by atoms with Crippen LogP contribution in [0.2, 0.25) is 0 Å². The Morgan fingerprint density at radius 2 is 1.64 bits per heavy atom. The van der Waals surface area contributed by atoms with Gasteiger partial charge in [0.15, 0.2) is 11.4 Å². The minimum atomic E-state index is -1.22. The van der Waals surface area contributed by atoms with Crippen LogP contribution in [-0.4, -0.2) is 39.1 Å². The van der Waals surface area contributed by atoms with Gasteiger partial charge in [-0.25, -0.2) is 9.78 Å². The first kappa shape index (κ1) is 27.8. The van der Waals surface area contributed by atoms with Gasteiger partial charge >= 0.3 is 5.97 Å². The number of carboxylic acid groups (broad SMARTS) is 1. The van der Waals surface area contributed by atoms with E-state index in [1.54, 1.807) is 33.1 Å². The van der Waals surface area contributed by atoms with Crippen LogP contribution in [0.5, 0.6) is 5.75 Å². The SMILES string of the molecule is COc1cccc(C(=O)c2nc(-c3ccccc3)cn2CCCCc2ccc(COC(C)(C)C(=O)O)cc2)c1. The number of aliphatic carboxylic acids is 1. The van der Waals surface area contributed by atoms with Crippen molar-refractivity contribution in [2.24, 2.45) is 0 Å². The Balaban J connectivity index is 1.41. The number of aryl methyl sites for hydroxylation is 2. The van der Waals surface area contributed by atoms with Crippen LogP contribution in [0.25, 0.3) is 11.3 Å². The molecule has 0 aliphatic heterocycles. The van der Waals surface area contributed by atoms with Gasteiger partial charge in [-0.2, -0.15) is 0 Å². The minimum absolute atomic E-state index is 0.139. The second-order valence-corrected chi connectivity index (χ2v) is 9.95. The van der Waals surface area contributed by atoms with Gasteiger partial charge in [0.05, 0.1) is 19.4 Å². The highest BCUT2D eigenvalue weighted by molar-refractivity contribution is 6.07. The van der Waals surface area contributed by atoms with Gasteiger partial charge in [-0.1, -0.05) is 66.7 Å². The van der Waals surface area contributed by atoms with Gasteiger partial charge in [0.25, 0.3) is 0 Å². The molecule has 0 aliphatic rings. The fourth-order valence-corrected chi connectivity index (χ4v) is 4.15. The van der Waals surface area contributed by atoms with Crippen LogP contribution in [-0.2, 0) is 29.1 Å². The van der Waals surface area contributed by atoms with Crippen LogP contribution in [0.1, 0.15) is 54.0 Å². The number of hydrogen-bond donors (Lipinski definition) is 1. The van der Waals surface area contributed by atoms with Crippen LogP contribution in [0.4, 0.5) is 0 Å². The van der Waals surface area contributed by atoms with Crippen LogP contribution < -0.4 is 4.74 Å². The number of nitrogens with zero attached hydrogens (tertiary/aromatic N) is 2. The van der Waals surface area contributed by atoms with Gasteiger partial charge < -0.3 is 19.1 Å². The number of rotatable bonds is 13. The van der Waals surface area contributed by atoms with E-state index in [0.29, 0.717) is 23.7 Å². The number of imidazole rings is 1. The molecule has 7 heteroatoms. The Morgan fingerprint density at radius 3 is 2.33 bits per heavy atom. The molecule has 1 N–H and O–H groups in total. The number of carbonyl (C=O) groups is 2. The molecule has 4 rings (SSSR count). The van der Waals surface area contributed by atoms with Gasteiger partial charge in [0.1, 0.15) is 5.75 Å². The average Bonchev–Trinajstić information content (AvgIpc) is 3.39. The third-order valence-corrected chi connectivity index (χ3v) is 6.63. The number of benzene rings is 3. The smallest absolute Gasteiger partial charge is 0.335 e. The summed E-state index contributed by atoms with van der Waals surface area (Å²) in [6.07, 6.45) is 4.66. The van der Waals surface area contributed by atoms with Crippen molar-refractivity contribution in [1.29, 1.82) is 0 Å². The maximum atomic E-state index is 13.4. The molecule has 39 heavy (non-hydrogen) atoms. The fourth-order valence-electron chi connectivity index (χ4n) is 4.15. The standard InChI is InChI=1S/C32H34N2O5/c1-32(2,31(36)37)39-22-24-17-15-23(16-18-24)10-7-8-19-34-21-28(25-11-5-4-6-12-25)33-30(34)29(35)26-13-9-14-27(20-26)38-3/h4-6,9,11-18,20-21H,7-8,10,19,22H2,1-3H3,(H,36,37). The lowest BCUT2D eigenvalue weighted by molar-refractivity contribution is -0.162. The number of ether oxygens (including phenoxy) is 2. The van der Waals surface area contributed by atoms with Crippen molar-refractivity contribution in [3.63, 3.8) is 0 Å². The second-order valence-electron chi connectivity index (χ2n) is 9.95. The molecule has 0 amide bonds. The van der Waals surface area contributed by atoms with Crippen LogP contribution in [0.15, 0.2) is 85.1 Å². The summed E-state index contributed by atoms with van der Waals surface area (Å²) in [4.78, 5) is 29.4. The van der Waals surface area contributed by atoms with Gasteiger partial charge in [-0.3, -0.25) is 4.79 Å². The van der Waals surface area contributed by atoms with Crippen molar-refractivity contribution in [3.8, 4) is 17.0 Å². The summed E-state index contributed by atoms with van der Waals surface area (Å²) in [7, 11) is 1.58. The summed E-state index contributed by atoms with van der Waals surface area (Å²) >= 11 is 0. The number of carbonyl (C=O) groups excluding carboxylic acids is 1. The zero-order valence-electron chi connectivity index (χ0n) is 22.6. The number of carboxylic acids is 1. The molecular weight excluding hydrogens is 492 g/mol. The van der Waals surface area contributed by atoms with E-state index < -0.39 is 11.6 Å². The molecule has 202 valence electrons. The van der Waals surface area contributed by atoms with E-state index in [9.17, 15) is 14.7 Å². The van der Waals surface area contributed by atoms with E-state index >= 15 is 0 Å². The first-order valence-electron chi connectivity index (χ1n) is 13.0. The normalized spacial score (nSPS) is 11.4. The molecule has 0 saturated carbocycles. The van der Waals surface area contributed by atoms with Crippen molar-refractivity contribution in [2.45, 2.75) is 51.9 Å². The Bertz CT molecular complexity index is 1410. The number of hydrogen-bond acceptors (Lipinski definition) is 5. The third-order valence-electron chi connectivity index (χ3n) is 6.63. The van der Waals surface area contributed by atoms with E-state index in [2.05, 4.69) is 12.1 Å². The summed E-state index contributed by atoms with van der Waals surface area (Å²) in [5.41, 5.74) is 3.17. The van der Waals surface area contributed by atoms with Crippen molar-refractivity contribution in [3.05, 3.63) is 108 Å². The van der Waals surface area contributed by atoms with Gasteiger partial charge in [0, 0.05) is 23.9 Å².